The maximum atomic E-state index is 11.0. The summed E-state index contributed by atoms with van der Waals surface area (Å²) in [4.78, 5) is 53.5. The van der Waals surface area contributed by atoms with Gasteiger partial charge in [0.2, 0.25) is 0 Å². The van der Waals surface area contributed by atoms with Crippen LogP contribution in [0.1, 0.15) is 16.7 Å². The third-order valence-corrected chi connectivity index (χ3v) is 4.61. The van der Waals surface area contributed by atoms with Crippen molar-refractivity contribution in [3.8, 4) is 0 Å². The Morgan fingerprint density at radius 1 is 0.571 bits per heavy atom. The average molecular weight is 360 g/mol. The molecule has 6 N–H and O–H groups in total. The van der Waals surface area contributed by atoms with Crippen molar-refractivity contribution in [1.29, 1.82) is 0 Å². The zero-order valence-electron chi connectivity index (χ0n) is 10.6. The molecule has 0 heterocycles. The van der Waals surface area contributed by atoms with Crippen LogP contribution in [0.2, 0.25) is 0 Å². The van der Waals surface area contributed by atoms with Gasteiger partial charge in [-0.05, 0) is 16.7 Å². The van der Waals surface area contributed by atoms with Crippen LogP contribution in [-0.2, 0) is 32.2 Å². The first kappa shape index (κ1) is 18.7. The fourth-order valence-corrected chi connectivity index (χ4v) is 3.80. The highest BCUT2D eigenvalue weighted by molar-refractivity contribution is 7.51. The summed E-state index contributed by atoms with van der Waals surface area (Å²) in [5, 5.41) is 0. The monoisotopic (exact) mass is 360 g/mol. The minimum absolute atomic E-state index is 0.0535. The first-order valence-electron chi connectivity index (χ1n) is 5.49. The standard InChI is InChI=1S/C9H15O9P3/c10-19(11,12)4-7-1-8(5-20(13,14)15)3-9(2-7)6-21(16,17)18/h1-3H,4-6H2,(H2,10,11,12)(H2,13,14,15)(H2,16,17,18). The highest BCUT2D eigenvalue weighted by Gasteiger charge is 2.21. The van der Waals surface area contributed by atoms with E-state index in [4.69, 9.17) is 29.4 Å². The van der Waals surface area contributed by atoms with Crippen molar-refractivity contribution in [3.05, 3.63) is 34.9 Å². The second kappa shape index (κ2) is 6.42. The van der Waals surface area contributed by atoms with E-state index in [0.717, 1.165) is 0 Å². The van der Waals surface area contributed by atoms with Crippen LogP contribution in [0, 0.1) is 0 Å². The predicted molar refractivity (Wildman–Crippen MR) is 73.7 cm³/mol. The van der Waals surface area contributed by atoms with Crippen LogP contribution < -0.4 is 0 Å². The van der Waals surface area contributed by atoms with Crippen molar-refractivity contribution in [3.63, 3.8) is 0 Å². The molecule has 0 saturated carbocycles. The second-order valence-corrected chi connectivity index (χ2v) is 9.56. The summed E-state index contributed by atoms with van der Waals surface area (Å²) in [6, 6.07) is 3.59. The Kier molecular flexibility index (Phi) is 5.73. The molecule has 0 aliphatic rings. The molecule has 0 amide bonds. The van der Waals surface area contributed by atoms with Crippen LogP contribution >= 0.6 is 22.8 Å². The van der Waals surface area contributed by atoms with Gasteiger partial charge in [-0.15, -0.1) is 0 Å². The molecule has 120 valence electrons. The molecule has 9 nitrogen and oxygen atoms in total. The molecule has 21 heavy (non-hydrogen) atoms. The Balaban J connectivity index is 3.22. The zero-order chi connectivity index (χ0) is 16.5. The SMILES string of the molecule is O=P(O)(O)Cc1cc(CP(=O)(O)O)cc(CP(=O)(O)O)c1. The van der Waals surface area contributed by atoms with Gasteiger partial charge in [-0.2, -0.15) is 0 Å². The molecule has 0 atom stereocenters. The van der Waals surface area contributed by atoms with Crippen LogP contribution in [-0.4, -0.2) is 29.4 Å². The van der Waals surface area contributed by atoms with Gasteiger partial charge in [-0.3, -0.25) is 13.7 Å². The van der Waals surface area contributed by atoms with E-state index in [1.165, 1.54) is 18.2 Å². The van der Waals surface area contributed by atoms with Crippen LogP contribution in [0.4, 0.5) is 0 Å². The smallest absolute Gasteiger partial charge is 0.324 e. The van der Waals surface area contributed by atoms with Gasteiger partial charge < -0.3 is 29.4 Å². The minimum atomic E-state index is -4.42. The lowest BCUT2D eigenvalue weighted by Gasteiger charge is -2.12. The normalized spacial score (nSPS) is 13.4. The van der Waals surface area contributed by atoms with Crippen LogP contribution in [0.25, 0.3) is 0 Å². The fraction of sp³-hybridized carbons (Fsp3) is 0.333. The summed E-state index contributed by atoms with van der Waals surface area (Å²) in [6.45, 7) is 0. The summed E-state index contributed by atoms with van der Waals surface area (Å²) >= 11 is 0. The van der Waals surface area contributed by atoms with Crippen molar-refractivity contribution >= 4 is 22.8 Å². The second-order valence-electron chi connectivity index (χ2n) is 4.63. The summed E-state index contributed by atoms with van der Waals surface area (Å²) < 4.78 is 32.9. The van der Waals surface area contributed by atoms with E-state index < -0.39 is 41.3 Å². The maximum absolute atomic E-state index is 11.0. The van der Waals surface area contributed by atoms with Gasteiger partial charge in [-0.1, -0.05) is 18.2 Å². The molecule has 0 bridgehead atoms. The van der Waals surface area contributed by atoms with E-state index in [-0.39, 0.29) is 16.7 Å². The molecule has 0 spiro atoms. The van der Waals surface area contributed by atoms with E-state index in [2.05, 4.69) is 0 Å². The maximum Gasteiger partial charge on any atom is 0.329 e. The topological polar surface area (TPSA) is 173 Å². The van der Waals surface area contributed by atoms with Gasteiger partial charge >= 0.3 is 22.8 Å². The molecule has 1 aromatic carbocycles. The van der Waals surface area contributed by atoms with Crippen molar-refractivity contribution in [2.24, 2.45) is 0 Å². The molecular formula is C9H15O9P3. The molecule has 1 rings (SSSR count). The molecule has 0 saturated heterocycles. The van der Waals surface area contributed by atoms with Gasteiger partial charge in [0.25, 0.3) is 0 Å². The molecular weight excluding hydrogens is 345 g/mol. The van der Waals surface area contributed by atoms with Gasteiger partial charge in [0.15, 0.2) is 0 Å². The number of benzene rings is 1. The quantitative estimate of drug-likeness (QED) is 0.400. The van der Waals surface area contributed by atoms with Gasteiger partial charge in [0, 0.05) is 0 Å². The van der Waals surface area contributed by atoms with E-state index in [1.807, 2.05) is 0 Å². The Labute approximate surface area is 120 Å². The first-order valence-corrected chi connectivity index (χ1v) is 10.9. The highest BCUT2D eigenvalue weighted by Crippen LogP contribution is 2.44. The van der Waals surface area contributed by atoms with E-state index in [1.54, 1.807) is 0 Å². The zero-order valence-corrected chi connectivity index (χ0v) is 13.3. The summed E-state index contributed by atoms with van der Waals surface area (Å²) in [6.07, 6.45) is -2.05. The summed E-state index contributed by atoms with van der Waals surface area (Å²) in [7, 11) is -13.3. The van der Waals surface area contributed by atoms with Crippen LogP contribution in [0.3, 0.4) is 0 Å². The fourth-order valence-electron chi connectivity index (χ4n) is 1.83. The van der Waals surface area contributed by atoms with Gasteiger partial charge in [0.05, 0.1) is 18.5 Å². The van der Waals surface area contributed by atoms with Crippen molar-refractivity contribution in [1.82, 2.24) is 0 Å². The lowest BCUT2D eigenvalue weighted by Crippen LogP contribution is -1.96. The predicted octanol–water partition coefficient (Wildman–Crippen LogP) is 0.720. The molecule has 0 radical (unpaired) electrons. The van der Waals surface area contributed by atoms with Gasteiger partial charge in [0.1, 0.15) is 0 Å². The Morgan fingerprint density at radius 2 is 0.762 bits per heavy atom. The first-order chi connectivity index (χ1) is 9.23. The molecule has 0 fully saturated rings. The number of hydrogen-bond donors (Lipinski definition) is 6. The Morgan fingerprint density at radius 3 is 0.905 bits per heavy atom. The van der Waals surface area contributed by atoms with Crippen molar-refractivity contribution in [2.45, 2.75) is 18.5 Å². The van der Waals surface area contributed by atoms with Crippen LogP contribution in [0.5, 0.6) is 0 Å². The molecule has 1 aromatic rings. The van der Waals surface area contributed by atoms with E-state index in [9.17, 15) is 13.7 Å². The summed E-state index contributed by atoms with van der Waals surface area (Å²) in [5.41, 5.74) is 0.160. The largest absolute Gasteiger partial charge is 0.329 e. The average Bonchev–Trinajstić information content (AvgIpc) is 2.06. The Hall–Kier alpha value is -0.330. The number of hydrogen-bond acceptors (Lipinski definition) is 3. The third kappa shape index (κ3) is 8.63. The number of rotatable bonds is 6. The third-order valence-electron chi connectivity index (χ3n) is 2.28. The lowest BCUT2D eigenvalue weighted by molar-refractivity contribution is 0.370. The van der Waals surface area contributed by atoms with Crippen LogP contribution in [0.15, 0.2) is 18.2 Å². The molecule has 12 heteroatoms. The molecule has 0 aromatic heterocycles. The summed E-state index contributed by atoms with van der Waals surface area (Å²) in [5.74, 6) is 0. The van der Waals surface area contributed by atoms with Crippen molar-refractivity contribution < 1.29 is 43.1 Å². The molecule has 0 aliphatic carbocycles. The molecule has 0 aliphatic heterocycles. The Bertz CT molecular complexity index is 550. The lowest BCUT2D eigenvalue weighted by atomic mass is 10.1. The highest BCUT2D eigenvalue weighted by atomic mass is 31.2. The van der Waals surface area contributed by atoms with E-state index in [0.29, 0.717) is 0 Å². The van der Waals surface area contributed by atoms with Crippen molar-refractivity contribution in [2.75, 3.05) is 0 Å². The van der Waals surface area contributed by atoms with Gasteiger partial charge in [-0.25, -0.2) is 0 Å². The molecule has 0 unspecified atom stereocenters. The van der Waals surface area contributed by atoms with E-state index >= 15 is 0 Å². The minimum Gasteiger partial charge on any atom is -0.324 e.